The third-order valence-corrected chi connectivity index (χ3v) is 2.66. The number of carbonyl (C=O) groups excluding carboxylic acids is 2. The van der Waals surface area contributed by atoms with E-state index >= 15 is 0 Å². The summed E-state index contributed by atoms with van der Waals surface area (Å²) in [4.78, 5) is 27.3. The van der Waals surface area contributed by atoms with Crippen LogP contribution in [-0.2, 0) is 16.5 Å². The molecule has 0 aliphatic rings. The second-order valence-electron chi connectivity index (χ2n) is 5.99. The van der Waals surface area contributed by atoms with Crippen LogP contribution >= 0.6 is 0 Å². The number of hydrogen-bond acceptors (Lipinski definition) is 6. The second kappa shape index (κ2) is 8.40. The number of aryl methyl sites for hydroxylation is 1. The Morgan fingerprint density at radius 3 is 2.61 bits per heavy atom. The summed E-state index contributed by atoms with van der Waals surface area (Å²) in [5.41, 5.74) is -0.500. The van der Waals surface area contributed by atoms with Gasteiger partial charge in [0.25, 0.3) is 0 Å². The maximum absolute atomic E-state index is 11.6. The highest BCUT2D eigenvalue weighted by molar-refractivity contribution is 5.86. The minimum Gasteiger partial charge on any atom is -0.460 e. The zero-order valence-corrected chi connectivity index (χ0v) is 14.4. The predicted octanol–water partition coefficient (Wildman–Crippen LogP) is 1.92. The second-order valence-corrected chi connectivity index (χ2v) is 5.99. The van der Waals surface area contributed by atoms with Crippen LogP contribution in [-0.4, -0.2) is 46.9 Å². The fourth-order valence-corrected chi connectivity index (χ4v) is 1.75. The SMILES string of the molecule is CCOC(=O)c1nc(NCCCNC(=O)OC(C)(C)C)cn1C. The van der Waals surface area contributed by atoms with Crippen LogP contribution in [0, 0.1) is 0 Å². The largest absolute Gasteiger partial charge is 0.460 e. The van der Waals surface area contributed by atoms with E-state index in [2.05, 4.69) is 15.6 Å². The zero-order valence-electron chi connectivity index (χ0n) is 14.4. The van der Waals surface area contributed by atoms with Crippen molar-refractivity contribution in [3.8, 4) is 0 Å². The lowest BCUT2D eigenvalue weighted by atomic mass is 10.2. The summed E-state index contributed by atoms with van der Waals surface area (Å²) in [7, 11) is 1.73. The highest BCUT2D eigenvalue weighted by atomic mass is 16.6. The number of ether oxygens (including phenoxy) is 2. The van der Waals surface area contributed by atoms with Crippen molar-refractivity contribution in [3.05, 3.63) is 12.0 Å². The average molecular weight is 326 g/mol. The fourth-order valence-electron chi connectivity index (χ4n) is 1.75. The standard InChI is InChI=1S/C15H26N4O4/c1-6-22-13(20)12-18-11(10-19(12)5)16-8-7-9-17-14(21)23-15(2,3)4/h10,16H,6-9H2,1-5H3,(H,17,21). The van der Waals surface area contributed by atoms with E-state index in [-0.39, 0.29) is 5.82 Å². The molecule has 8 nitrogen and oxygen atoms in total. The highest BCUT2D eigenvalue weighted by Gasteiger charge is 2.16. The fraction of sp³-hybridized carbons (Fsp3) is 0.667. The number of imidazole rings is 1. The first-order valence-corrected chi connectivity index (χ1v) is 7.64. The third kappa shape index (κ3) is 7.03. The van der Waals surface area contributed by atoms with E-state index in [0.717, 1.165) is 0 Å². The van der Waals surface area contributed by atoms with Gasteiger partial charge in [0, 0.05) is 26.3 Å². The van der Waals surface area contributed by atoms with E-state index in [9.17, 15) is 9.59 Å². The molecule has 1 aromatic heterocycles. The van der Waals surface area contributed by atoms with Gasteiger partial charge >= 0.3 is 12.1 Å². The van der Waals surface area contributed by atoms with Gasteiger partial charge in [-0.3, -0.25) is 0 Å². The number of anilines is 1. The van der Waals surface area contributed by atoms with Crippen LogP contribution in [0.15, 0.2) is 6.20 Å². The molecule has 1 heterocycles. The number of esters is 1. The molecule has 130 valence electrons. The van der Waals surface area contributed by atoms with Gasteiger partial charge in [-0.1, -0.05) is 0 Å². The molecule has 0 saturated heterocycles. The molecule has 0 spiro atoms. The highest BCUT2D eigenvalue weighted by Crippen LogP contribution is 2.08. The summed E-state index contributed by atoms with van der Waals surface area (Å²) in [6, 6.07) is 0. The number of amides is 1. The van der Waals surface area contributed by atoms with Gasteiger partial charge in [-0.05, 0) is 34.1 Å². The molecule has 0 fully saturated rings. The number of aromatic nitrogens is 2. The van der Waals surface area contributed by atoms with Crippen molar-refractivity contribution in [2.45, 2.75) is 39.7 Å². The monoisotopic (exact) mass is 326 g/mol. The number of hydrogen-bond donors (Lipinski definition) is 2. The molecule has 0 bridgehead atoms. The van der Waals surface area contributed by atoms with Gasteiger partial charge in [-0.25, -0.2) is 14.6 Å². The summed E-state index contributed by atoms with van der Waals surface area (Å²) in [5.74, 6) is 0.392. The van der Waals surface area contributed by atoms with E-state index in [1.165, 1.54) is 0 Å². The summed E-state index contributed by atoms with van der Waals surface area (Å²) in [6.45, 7) is 8.60. The first-order chi connectivity index (χ1) is 10.7. The van der Waals surface area contributed by atoms with Crippen LogP contribution in [0.3, 0.4) is 0 Å². The van der Waals surface area contributed by atoms with Crippen molar-refractivity contribution in [2.24, 2.45) is 7.05 Å². The molecule has 2 N–H and O–H groups in total. The lowest BCUT2D eigenvalue weighted by Gasteiger charge is -2.19. The Morgan fingerprint density at radius 1 is 1.30 bits per heavy atom. The van der Waals surface area contributed by atoms with Gasteiger partial charge in [0.15, 0.2) is 0 Å². The van der Waals surface area contributed by atoms with E-state index in [1.807, 2.05) is 20.8 Å². The Kier molecular flexibility index (Phi) is 6.87. The molecule has 23 heavy (non-hydrogen) atoms. The smallest absolute Gasteiger partial charge is 0.407 e. The number of rotatable bonds is 7. The third-order valence-electron chi connectivity index (χ3n) is 2.66. The lowest BCUT2D eigenvalue weighted by molar-refractivity contribution is 0.0503. The number of alkyl carbamates (subject to hydrolysis) is 1. The summed E-state index contributed by atoms with van der Waals surface area (Å²) >= 11 is 0. The van der Waals surface area contributed by atoms with E-state index < -0.39 is 17.7 Å². The van der Waals surface area contributed by atoms with Crippen molar-refractivity contribution < 1.29 is 19.1 Å². The van der Waals surface area contributed by atoms with Crippen LogP contribution in [0.5, 0.6) is 0 Å². The minimum atomic E-state index is -0.500. The molecule has 0 saturated carbocycles. The van der Waals surface area contributed by atoms with Gasteiger partial charge in [0.05, 0.1) is 6.61 Å². The molecular weight excluding hydrogens is 300 g/mol. The van der Waals surface area contributed by atoms with Crippen LogP contribution < -0.4 is 10.6 Å². The molecule has 0 radical (unpaired) electrons. The quantitative estimate of drug-likeness (QED) is 0.587. The number of nitrogens with zero attached hydrogens (tertiary/aromatic N) is 2. The van der Waals surface area contributed by atoms with E-state index in [0.29, 0.717) is 31.9 Å². The Balaban J connectivity index is 2.30. The maximum Gasteiger partial charge on any atom is 0.407 e. The minimum absolute atomic E-state index is 0.251. The lowest BCUT2D eigenvalue weighted by Crippen LogP contribution is -2.33. The van der Waals surface area contributed by atoms with Crippen molar-refractivity contribution in [2.75, 3.05) is 25.0 Å². The number of nitrogens with one attached hydrogen (secondary N) is 2. The number of carbonyl (C=O) groups is 2. The summed E-state index contributed by atoms with van der Waals surface area (Å²) in [5, 5.41) is 5.77. The van der Waals surface area contributed by atoms with Gasteiger partial charge in [0.2, 0.25) is 5.82 Å². The van der Waals surface area contributed by atoms with Crippen LogP contribution in [0.25, 0.3) is 0 Å². The topological polar surface area (TPSA) is 94.5 Å². The Hall–Kier alpha value is -2.25. The van der Waals surface area contributed by atoms with Crippen LogP contribution in [0.2, 0.25) is 0 Å². The predicted molar refractivity (Wildman–Crippen MR) is 86.5 cm³/mol. The van der Waals surface area contributed by atoms with Crippen LogP contribution in [0.1, 0.15) is 44.7 Å². The van der Waals surface area contributed by atoms with E-state index in [4.69, 9.17) is 9.47 Å². The van der Waals surface area contributed by atoms with Gasteiger partial charge < -0.3 is 24.7 Å². The van der Waals surface area contributed by atoms with Crippen LogP contribution in [0.4, 0.5) is 10.6 Å². The molecule has 0 aliphatic carbocycles. The maximum atomic E-state index is 11.6. The molecular formula is C15H26N4O4. The van der Waals surface area contributed by atoms with Crippen molar-refractivity contribution in [3.63, 3.8) is 0 Å². The molecule has 1 aromatic rings. The first kappa shape index (κ1) is 18.8. The molecule has 1 amide bonds. The zero-order chi connectivity index (χ0) is 17.5. The average Bonchev–Trinajstić information content (AvgIpc) is 2.78. The molecule has 0 unspecified atom stereocenters. The van der Waals surface area contributed by atoms with Crippen molar-refractivity contribution in [1.29, 1.82) is 0 Å². The van der Waals surface area contributed by atoms with Crippen molar-refractivity contribution in [1.82, 2.24) is 14.9 Å². The molecule has 1 rings (SSSR count). The van der Waals surface area contributed by atoms with Gasteiger partial charge in [-0.2, -0.15) is 0 Å². The first-order valence-electron chi connectivity index (χ1n) is 7.64. The molecule has 8 heteroatoms. The Morgan fingerprint density at radius 2 is 2.00 bits per heavy atom. The summed E-state index contributed by atoms with van der Waals surface area (Å²) < 4.78 is 11.7. The van der Waals surface area contributed by atoms with Gasteiger partial charge in [0.1, 0.15) is 11.4 Å². The normalized spacial score (nSPS) is 11.0. The molecule has 0 aliphatic heterocycles. The molecule has 0 aromatic carbocycles. The summed E-state index contributed by atoms with van der Waals surface area (Å²) in [6.07, 6.45) is 1.98. The Labute approximate surface area is 136 Å². The van der Waals surface area contributed by atoms with Crippen molar-refractivity contribution >= 4 is 17.9 Å². The van der Waals surface area contributed by atoms with E-state index in [1.54, 1.807) is 24.7 Å². The molecule has 0 atom stereocenters. The van der Waals surface area contributed by atoms with Gasteiger partial charge in [-0.15, -0.1) is 0 Å². The Bertz CT molecular complexity index is 534.